The number of hydrogen-bond acceptors (Lipinski definition) is 2. The van der Waals surface area contributed by atoms with E-state index < -0.39 is 0 Å². The summed E-state index contributed by atoms with van der Waals surface area (Å²) in [5, 5.41) is 3.64. The highest BCUT2D eigenvalue weighted by atomic mass is 15.2. The van der Waals surface area contributed by atoms with Gasteiger partial charge < -0.3 is 10.2 Å². The van der Waals surface area contributed by atoms with Crippen molar-refractivity contribution in [2.75, 3.05) is 21.1 Å². The molecule has 1 aromatic carbocycles. The van der Waals surface area contributed by atoms with E-state index in [-0.39, 0.29) is 0 Å². The van der Waals surface area contributed by atoms with E-state index in [0.717, 1.165) is 6.42 Å². The van der Waals surface area contributed by atoms with Gasteiger partial charge in [-0.1, -0.05) is 48.6 Å². The van der Waals surface area contributed by atoms with Crippen molar-refractivity contribution in [2.24, 2.45) is 0 Å². The van der Waals surface area contributed by atoms with Crippen molar-refractivity contribution in [3.63, 3.8) is 0 Å². The number of aryl methyl sites for hydroxylation is 2. The SMILES string of the molecule is CNC(Cc1cc(C)cc(C)c1)C1(N(C)C)CCCCC1. The topological polar surface area (TPSA) is 15.3 Å². The fraction of sp³-hybridized carbons (Fsp3) is 0.684. The van der Waals surface area contributed by atoms with Crippen LogP contribution < -0.4 is 5.32 Å². The van der Waals surface area contributed by atoms with Crippen molar-refractivity contribution in [2.45, 2.75) is 64.0 Å². The molecular weight excluding hydrogens is 256 g/mol. The third kappa shape index (κ3) is 3.67. The van der Waals surface area contributed by atoms with Gasteiger partial charge >= 0.3 is 0 Å². The van der Waals surface area contributed by atoms with Crippen molar-refractivity contribution >= 4 is 0 Å². The van der Waals surface area contributed by atoms with Crippen LogP contribution in [-0.4, -0.2) is 37.6 Å². The van der Waals surface area contributed by atoms with Crippen LogP contribution in [-0.2, 0) is 6.42 Å². The molecule has 118 valence electrons. The largest absolute Gasteiger partial charge is 0.315 e. The molecule has 2 rings (SSSR count). The van der Waals surface area contributed by atoms with Crippen molar-refractivity contribution in [3.05, 3.63) is 34.9 Å². The average molecular weight is 288 g/mol. The average Bonchev–Trinajstić information content (AvgIpc) is 2.44. The van der Waals surface area contributed by atoms with Crippen LogP contribution in [0.4, 0.5) is 0 Å². The summed E-state index contributed by atoms with van der Waals surface area (Å²) in [6.45, 7) is 4.40. The number of likely N-dealkylation sites (N-methyl/N-ethyl adjacent to an activating group) is 2. The Labute approximate surface area is 130 Å². The van der Waals surface area contributed by atoms with Gasteiger partial charge in [0.2, 0.25) is 0 Å². The van der Waals surface area contributed by atoms with E-state index >= 15 is 0 Å². The van der Waals surface area contributed by atoms with Crippen LogP contribution in [0, 0.1) is 13.8 Å². The molecule has 1 aliphatic rings. The van der Waals surface area contributed by atoms with Crippen molar-refractivity contribution < 1.29 is 0 Å². The fourth-order valence-electron chi connectivity index (χ4n) is 4.25. The predicted molar refractivity (Wildman–Crippen MR) is 92.0 cm³/mol. The van der Waals surface area contributed by atoms with E-state index in [1.807, 2.05) is 0 Å². The van der Waals surface area contributed by atoms with Crippen LogP contribution in [0.5, 0.6) is 0 Å². The summed E-state index contributed by atoms with van der Waals surface area (Å²) in [4.78, 5) is 2.48. The van der Waals surface area contributed by atoms with Crippen LogP contribution in [0.1, 0.15) is 48.8 Å². The molecule has 1 atom stereocenters. The van der Waals surface area contributed by atoms with Crippen LogP contribution in [0.15, 0.2) is 18.2 Å². The van der Waals surface area contributed by atoms with Gasteiger partial charge in [0.1, 0.15) is 0 Å². The minimum Gasteiger partial charge on any atom is -0.315 e. The first-order valence-corrected chi connectivity index (χ1v) is 8.40. The van der Waals surface area contributed by atoms with Gasteiger partial charge in [0.15, 0.2) is 0 Å². The summed E-state index contributed by atoms with van der Waals surface area (Å²) >= 11 is 0. The zero-order valence-electron chi connectivity index (χ0n) is 14.5. The molecule has 1 aliphatic carbocycles. The number of rotatable bonds is 5. The third-order valence-electron chi connectivity index (χ3n) is 5.33. The molecule has 2 nitrogen and oxygen atoms in total. The van der Waals surface area contributed by atoms with E-state index in [2.05, 4.69) is 63.4 Å². The predicted octanol–water partition coefficient (Wildman–Crippen LogP) is 3.70. The van der Waals surface area contributed by atoms with Crippen LogP contribution in [0.3, 0.4) is 0 Å². The highest BCUT2D eigenvalue weighted by molar-refractivity contribution is 5.29. The molecular formula is C19H32N2. The van der Waals surface area contributed by atoms with Crippen LogP contribution in [0.2, 0.25) is 0 Å². The molecule has 21 heavy (non-hydrogen) atoms. The van der Waals surface area contributed by atoms with Gasteiger partial charge in [0, 0.05) is 11.6 Å². The van der Waals surface area contributed by atoms with Gasteiger partial charge in [-0.25, -0.2) is 0 Å². The summed E-state index contributed by atoms with van der Waals surface area (Å²) in [6, 6.07) is 7.49. The molecule has 2 heteroatoms. The Kier molecular flexibility index (Phi) is 5.45. The first kappa shape index (κ1) is 16.5. The summed E-state index contributed by atoms with van der Waals surface area (Å²) in [7, 11) is 6.65. The normalized spacial score (nSPS) is 19.7. The Morgan fingerprint density at radius 1 is 1.05 bits per heavy atom. The zero-order chi connectivity index (χ0) is 15.5. The Bertz CT molecular complexity index is 438. The lowest BCUT2D eigenvalue weighted by atomic mass is 9.73. The molecule has 1 aromatic rings. The Morgan fingerprint density at radius 2 is 1.62 bits per heavy atom. The Hall–Kier alpha value is -0.860. The van der Waals surface area contributed by atoms with Gasteiger partial charge in [-0.15, -0.1) is 0 Å². The number of benzene rings is 1. The summed E-state index contributed by atoms with van der Waals surface area (Å²) in [5.41, 5.74) is 4.54. The smallest absolute Gasteiger partial charge is 0.0359 e. The number of nitrogens with one attached hydrogen (secondary N) is 1. The minimum atomic E-state index is 0.310. The van der Waals surface area contributed by atoms with Gasteiger partial charge in [0.05, 0.1) is 0 Å². The van der Waals surface area contributed by atoms with Crippen molar-refractivity contribution in [1.82, 2.24) is 10.2 Å². The molecule has 0 spiro atoms. The van der Waals surface area contributed by atoms with Crippen molar-refractivity contribution in [3.8, 4) is 0 Å². The molecule has 0 saturated heterocycles. The lowest BCUT2D eigenvalue weighted by Crippen LogP contribution is -2.60. The lowest BCUT2D eigenvalue weighted by Gasteiger charge is -2.48. The maximum Gasteiger partial charge on any atom is 0.0359 e. The van der Waals surface area contributed by atoms with Gasteiger partial charge in [-0.05, 0) is 59.8 Å². The summed E-state index contributed by atoms with van der Waals surface area (Å²) < 4.78 is 0. The number of nitrogens with zero attached hydrogens (tertiary/aromatic N) is 1. The van der Waals surface area contributed by atoms with Gasteiger partial charge in [-0.2, -0.15) is 0 Å². The number of hydrogen-bond donors (Lipinski definition) is 1. The van der Waals surface area contributed by atoms with E-state index in [4.69, 9.17) is 0 Å². The molecule has 0 aromatic heterocycles. The molecule has 0 heterocycles. The highest BCUT2D eigenvalue weighted by Gasteiger charge is 2.40. The summed E-state index contributed by atoms with van der Waals surface area (Å²) in [6.07, 6.45) is 7.88. The maximum atomic E-state index is 3.64. The lowest BCUT2D eigenvalue weighted by molar-refractivity contribution is 0.0598. The van der Waals surface area contributed by atoms with E-state index in [9.17, 15) is 0 Å². The van der Waals surface area contributed by atoms with Gasteiger partial charge in [-0.3, -0.25) is 0 Å². The maximum absolute atomic E-state index is 3.64. The second kappa shape index (κ2) is 6.93. The molecule has 1 saturated carbocycles. The second-order valence-electron chi connectivity index (χ2n) is 7.10. The van der Waals surface area contributed by atoms with E-state index in [1.165, 1.54) is 48.8 Å². The highest BCUT2D eigenvalue weighted by Crippen LogP contribution is 2.36. The monoisotopic (exact) mass is 288 g/mol. The summed E-state index contributed by atoms with van der Waals surface area (Å²) in [5.74, 6) is 0. The third-order valence-corrected chi connectivity index (χ3v) is 5.33. The Morgan fingerprint density at radius 3 is 2.10 bits per heavy atom. The first-order valence-electron chi connectivity index (χ1n) is 8.40. The molecule has 1 fully saturated rings. The first-order chi connectivity index (χ1) is 9.98. The fourth-order valence-corrected chi connectivity index (χ4v) is 4.25. The van der Waals surface area contributed by atoms with Crippen LogP contribution in [0.25, 0.3) is 0 Å². The molecule has 0 amide bonds. The molecule has 0 bridgehead atoms. The van der Waals surface area contributed by atoms with Crippen LogP contribution >= 0.6 is 0 Å². The zero-order valence-corrected chi connectivity index (χ0v) is 14.5. The second-order valence-corrected chi connectivity index (χ2v) is 7.10. The Balaban J connectivity index is 2.24. The molecule has 1 unspecified atom stereocenters. The quantitative estimate of drug-likeness (QED) is 0.889. The van der Waals surface area contributed by atoms with E-state index in [1.54, 1.807) is 0 Å². The standard InChI is InChI=1S/C19H32N2/c1-15-11-16(2)13-17(12-15)14-18(20-3)19(21(4)5)9-7-6-8-10-19/h11-13,18,20H,6-10,14H2,1-5H3. The minimum absolute atomic E-state index is 0.310. The van der Waals surface area contributed by atoms with E-state index in [0.29, 0.717) is 11.6 Å². The molecule has 0 radical (unpaired) electrons. The van der Waals surface area contributed by atoms with Crippen molar-refractivity contribution in [1.29, 1.82) is 0 Å². The molecule has 0 aliphatic heterocycles. The molecule has 1 N–H and O–H groups in total. The van der Waals surface area contributed by atoms with Gasteiger partial charge in [0.25, 0.3) is 0 Å².